The Morgan fingerprint density at radius 1 is 1.23 bits per heavy atom. The van der Waals surface area contributed by atoms with Crippen molar-refractivity contribution in [1.29, 1.82) is 0 Å². The first kappa shape index (κ1) is 16.6. The van der Waals surface area contributed by atoms with Gasteiger partial charge in [0, 0.05) is 24.3 Å². The maximum absolute atomic E-state index is 12.3. The van der Waals surface area contributed by atoms with Gasteiger partial charge in [0.15, 0.2) is 5.82 Å². The molecule has 2 aromatic carbocycles. The Balaban J connectivity index is 1.41. The number of H-pyrrole nitrogens is 1. The van der Waals surface area contributed by atoms with E-state index in [0.29, 0.717) is 18.3 Å². The molecule has 1 saturated heterocycles. The lowest BCUT2D eigenvalue weighted by Gasteiger charge is -2.20. The number of aromatic hydroxyl groups is 1. The van der Waals surface area contributed by atoms with E-state index in [9.17, 15) is 9.90 Å². The Labute approximate surface area is 151 Å². The van der Waals surface area contributed by atoms with Gasteiger partial charge in [-0.2, -0.15) is 5.10 Å². The smallest absolute Gasteiger partial charge is 0.229 e. The molecule has 0 aliphatic carbocycles. The van der Waals surface area contributed by atoms with Crippen molar-refractivity contribution >= 4 is 22.5 Å². The van der Waals surface area contributed by atoms with Gasteiger partial charge in [0.2, 0.25) is 5.91 Å². The second kappa shape index (κ2) is 7.17. The Morgan fingerprint density at radius 3 is 2.92 bits per heavy atom. The van der Waals surface area contributed by atoms with E-state index in [-0.39, 0.29) is 18.1 Å². The summed E-state index contributed by atoms with van der Waals surface area (Å²) >= 11 is 0. The van der Waals surface area contributed by atoms with Gasteiger partial charge in [-0.3, -0.25) is 9.89 Å². The van der Waals surface area contributed by atoms with E-state index < -0.39 is 0 Å². The molecule has 26 heavy (non-hydrogen) atoms. The molecule has 0 spiro atoms. The summed E-state index contributed by atoms with van der Waals surface area (Å²) < 4.78 is 5.50. The van der Waals surface area contributed by atoms with Gasteiger partial charge in [0.1, 0.15) is 5.75 Å². The van der Waals surface area contributed by atoms with Gasteiger partial charge < -0.3 is 15.2 Å². The molecule has 134 valence electrons. The second-order valence-electron chi connectivity index (χ2n) is 6.71. The number of carbonyl (C=O) groups is 1. The largest absolute Gasteiger partial charge is 0.508 e. The third kappa shape index (κ3) is 3.70. The van der Waals surface area contributed by atoms with Crippen molar-refractivity contribution in [3.05, 3.63) is 53.7 Å². The number of aromatic nitrogens is 2. The number of carbonyl (C=O) groups excluding carboxylic acids is 1. The molecule has 3 N–H and O–H groups in total. The van der Waals surface area contributed by atoms with Crippen LogP contribution in [0.2, 0.25) is 0 Å². The number of fused-ring (bicyclic) bond motifs is 1. The second-order valence-corrected chi connectivity index (χ2v) is 6.71. The number of ether oxygens (including phenoxy) is 1. The Hall–Kier alpha value is -2.86. The van der Waals surface area contributed by atoms with Crippen LogP contribution in [0.1, 0.15) is 30.0 Å². The molecule has 3 aromatic rings. The number of anilines is 1. The van der Waals surface area contributed by atoms with Crippen LogP contribution in [0.4, 0.5) is 5.82 Å². The van der Waals surface area contributed by atoms with Gasteiger partial charge in [-0.05, 0) is 41.3 Å². The van der Waals surface area contributed by atoms with Crippen molar-refractivity contribution in [3.63, 3.8) is 0 Å². The highest BCUT2D eigenvalue weighted by atomic mass is 16.5. The van der Waals surface area contributed by atoms with Gasteiger partial charge >= 0.3 is 0 Å². The van der Waals surface area contributed by atoms with Crippen LogP contribution in [0.3, 0.4) is 0 Å². The minimum atomic E-state index is -0.110. The summed E-state index contributed by atoms with van der Waals surface area (Å²) in [6.07, 6.45) is 2.39. The number of aromatic amines is 1. The fourth-order valence-corrected chi connectivity index (χ4v) is 3.36. The Morgan fingerprint density at radius 2 is 2.08 bits per heavy atom. The molecule has 1 aromatic heterocycles. The standard InChI is InChI=1S/C20H21N3O3/c24-17-6-5-14-8-13(3-4-15(14)10-17)9-20(25)21-19-11-18(22-23-19)16-2-1-7-26-12-16/h3-6,8,10-11,16,24H,1-2,7,9,12H2,(H2,21,22,23,25). The number of hydrogen-bond acceptors (Lipinski definition) is 4. The zero-order chi connectivity index (χ0) is 17.9. The first-order chi connectivity index (χ1) is 12.7. The molecular formula is C20H21N3O3. The highest BCUT2D eigenvalue weighted by Gasteiger charge is 2.18. The fourth-order valence-electron chi connectivity index (χ4n) is 3.36. The van der Waals surface area contributed by atoms with Crippen LogP contribution in [0, 0.1) is 0 Å². The summed E-state index contributed by atoms with van der Waals surface area (Å²) in [7, 11) is 0. The van der Waals surface area contributed by atoms with Crippen molar-refractivity contribution in [2.24, 2.45) is 0 Å². The van der Waals surface area contributed by atoms with E-state index in [1.165, 1.54) is 0 Å². The van der Waals surface area contributed by atoms with E-state index >= 15 is 0 Å². The molecule has 6 nitrogen and oxygen atoms in total. The summed E-state index contributed by atoms with van der Waals surface area (Å²) in [5, 5.41) is 21.5. The molecule has 1 atom stereocenters. The summed E-state index contributed by atoms with van der Waals surface area (Å²) in [5.74, 6) is 0.988. The summed E-state index contributed by atoms with van der Waals surface area (Å²) in [4.78, 5) is 12.3. The number of rotatable bonds is 4. The van der Waals surface area contributed by atoms with E-state index in [4.69, 9.17) is 4.74 Å². The number of nitrogens with one attached hydrogen (secondary N) is 2. The summed E-state index contributed by atoms with van der Waals surface area (Å²) in [6.45, 7) is 1.52. The molecule has 2 heterocycles. The van der Waals surface area contributed by atoms with Crippen LogP contribution < -0.4 is 5.32 Å². The maximum atomic E-state index is 12.3. The minimum Gasteiger partial charge on any atom is -0.508 e. The lowest BCUT2D eigenvalue weighted by atomic mass is 9.99. The SMILES string of the molecule is O=C(Cc1ccc2cc(O)ccc2c1)Nc1cc(C2CCCOC2)[nH]n1. The van der Waals surface area contributed by atoms with Crippen LogP contribution in [0.25, 0.3) is 10.8 Å². The summed E-state index contributed by atoms with van der Waals surface area (Å²) in [5.41, 5.74) is 1.92. The number of nitrogens with zero attached hydrogens (tertiary/aromatic N) is 1. The molecule has 0 saturated carbocycles. The van der Waals surface area contributed by atoms with Crippen LogP contribution in [0.15, 0.2) is 42.5 Å². The zero-order valence-corrected chi connectivity index (χ0v) is 14.4. The predicted octanol–water partition coefficient (Wildman–Crippen LogP) is 3.34. The molecule has 0 radical (unpaired) electrons. The van der Waals surface area contributed by atoms with Crippen molar-refractivity contribution in [3.8, 4) is 5.75 Å². The Kier molecular flexibility index (Phi) is 4.58. The molecule has 0 bridgehead atoms. The molecule has 1 fully saturated rings. The van der Waals surface area contributed by atoms with Gasteiger partial charge in [-0.25, -0.2) is 0 Å². The fraction of sp³-hybridized carbons (Fsp3) is 0.300. The molecule has 6 heteroatoms. The zero-order valence-electron chi connectivity index (χ0n) is 14.4. The first-order valence-corrected chi connectivity index (χ1v) is 8.82. The Bertz CT molecular complexity index is 929. The maximum Gasteiger partial charge on any atom is 0.229 e. The predicted molar refractivity (Wildman–Crippen MR) is 99.3 cm³/mol. The van der Waals surface area contributed by atoms with E-state index in [0.717, 1.165) is 41.5 Å². The third-order valence-corrected chi connectivity index (χ3v) is 4.72. The minimum absolute atomic E-state index is 0.110. The first-order valence-electron chi connectivity index (χ1n) is 8.82. The van der Waals surface area contributed by atoms with Gasteiger partial charge in [-0.1, -0.05) is 24.3 Å². The molecule has 1 unspecified atom stereocenters. The molecule has 1 amide bonds. The van der Waals surface area contributed by atoms with Crippen LogP contribution >= 0.6 is 0 Å². The quantitative estimate of drug-likeness (QED) is 0.673. The number of phenols is 1. The number of benzene rings is 2. The lowest BCUT2D eigenvalue weighted by Crippen LogP contribution is -2.16. The van der Waals surface area contributed by atoms with Crippen LogP contribution in [-0.4, -0.2) is 34.4 Å². The average Bonchev–Trinajstić information content (AvgIpc) is 3.11. The van der Waals surface area contributed by atoms with Crippen molar-refractivity contribution < 1.29 is 14.6 Å². The molecule has 1 aliphatic heterocycles. The number of hydrogen-bond donors (Lipinski definition) is 3. The van der Waals surface area contributed by atoms with Gasteiger partial charge in [-0.15, -0.1) is 0 Å². The highest BCUT2D eigenvalue weighted by molar-refractivity contribution is 5.92. The van der Waals surface area contributed by atoms with Crippen LogP contribution in [-0.2, 0) is 16.0 Å². The topological polar surface area (TPSA) is 87.2 Å². The molecular weight excluding hydrogens is 330 g/mol. The normalized spacial score (nSPS) is 17.3. The number of phenolic OH excluding ortho intramolecular Hbond substituents is 1. The molecule has 1 aliphatic rings. The van der Waals surface area contributed by atoms with Crippen molar-refractivity contribution in [1.82, 2.24) is 10.2 Å². The van der Waals surface area contributed by atoms with Gasteiger partial charge in [0.25, 0.3) is 0 Å². The average molecular weight is 351 g/mol. The molecule has 4 rings (SSSR count). The van der Waals surface area contributed by atoms with Crippen molar-refractivity contribution in [2.75, 3.05) is 18.5 Å². The third-order valence-electron chi connectivity index (χ3n) is 4.72. The van der Waals surface area contributed by atoms with Crippen molar-refractivity contribution in [2.45, 2.75) is 25.2 Å². The number of amides is 1. The lowest BCUT2D eigenvalue weighted by molar-refractivity contribution is -0.115. The van der Waals surface area contributed by atoms with E-state index in [2.05, 4.69) is 15.5 Å². The van der Waals surface area contributed by atoms with Gasteiger partial charge in [0.05, 0.1) is 13.0 Å². The highest BCUT2D eigenvalue weighted by Crippen LogP contribution is 2.25. The van der Waals surface area contributed by atoms with E-state index in [1.807, 2.05) is 30.3 Å². The summed E-state index contributed by atoms with van der Waals surface area (Å²) in [6, 6.07) is 12.9. The van der Waals surface area contributed by atoms with E-state index in [1.54, 1.807) is 12.1 Å². The van der Waals surface area contributed by atoms with Crippen LogP contribution in [0.5, 0.6) is 5.75 Å². The monoisotopic (exact) mass is 351 g/mol.